The topological polar surface area (TPSA) is 76.1 Å². The van der Waals surface area contributed by atoms with Gasteiger partial charge in [-0.25, -0.2) is 4.39 Å². The fraction of sp³-hybridized carbons (Fsp3) is 0.167. The monoisotopic (exact) mass is 404 g/mol. The zero-order valence-electron chi connectivity index (χ0n) is 14.4. The van der Waals surface area contributed by atoms with E-state index < -0.39 is 5.82 Å². The first-order chi connectivity index (χ1) is 13.1. The summed E-state index contributed by atoms with van der Waals surface area (Å²) in [6.45, 7) is 0. The van der Waals surface area contributed by atoms with Gasteiger partial charge >= 0.3 is 0 Å². The molecular weight excluding hydrogens is 387 g/mol. The Bertz CT molecular complexity index is 902. The predicted octanol–water partition coefficient (Wildman–Crippen LogP) is 4.55. The van der Waals surface area contributed by atoms with Crippen molar-refractivity contribution in [1.29, 1.82) is 0 Å². The molecule has 0 unspecified atom stereocenters. The fourth-order valence-corrected chi connectivity index (χ4v) is 3.90. The van der Waals surface area contributed by atoms with E-state index in [1.165, 1.54) is 35.2 Å². The minimum atomic E-state index is -0.447. The SMILES string of the molecule is COc1ccc(Nc2nnc(SCCC(=O)Nc3ccccc3F)s2)cc1. The van der Waals surface area contributed by atoms with E-state index in [9.17, 15) is 9.18 Å². The van der Waals surface area contributed by atoms with Crippen molar-refractivity contribution in [2.24, 2.45) is 0 Å². The zero-order chi connectivity index (χ0) is 19.1. The second-order valence-corrected chi connectivity index (χ2v) is 7.67. The van der Waals surface area contributed by atoms with Crippen LogP contribution in [0.25, 0.3) is 0 Å². The number of hydrogen-bond donors (Lipinski definition) is 2. The average Bonchev–Trinajstić information content (AvgIpc) is 3.11. The maximum absolute atomic E-state index is 13.5. The van der Waals surface area contributed by atoms with Crippen LogP contribution in [0.2, 0.25) is 0 Å². The highest BCUT2D eigenvalue weighted by atomic mass is 32.2. The van der Waals surface area contributed by atoms with Gasteiger partial charge in [-0.2, -0.15) is 0 Å². The molecule has 0 aliphatic carbocycles. The summed E-state index contributed by atoms with van der Waals surface area (Å²) in [6.07, 6.45) is 0.250. The third-order valence-electron chi connectivity index (χ3n) is 3.45. The number of methoxy groups -OCH3 is 1. The van der Waals surface area contributed by atoms with Gasteiger partial charge in [-0.05, 0) is 36.4 Å². The number of aromatic nitrogens is 2. The molecule has 0 saturated carbocycles. The molecule has 2 N–H and O–H groups in total. The molecule has 0 bridgehead atoms. The lowest BCUT2D eigenvalue weighted by atomic mass is 10.3. The number of rotatable bonds is 8. The Balaban J connectivity index is 1.45. The van der Waals surface area contributed by atoms with Gasteiger partial charge in [0, 0.05) is 17.9 Å². The molecule has 0 radical (unpaired) electrons. The summed E-state index contributed by atoms with van der Waals surface area (Å²) >= 11 is 2.83. The van der Waals surface area contributed by atoms with Crippen LogP contribution in [0.15, 0.2) is 52.9 Å². The van der Waals surface area contributed by atoms with Crippen molar-refractivity contribution in [2.45, 2.75) is 10.8 Å². The van der Waals surface area contributed by atoms with Crippen molar-refractivity contribution in [1.82, 2.24) is 10.2 Å². The van der Waals surface area contributed by atoms with Crippen LogP contribution in [0.3, 0.4) is 0 Å². The molecule has 9 heteroatoms. The Morgan fingerprint density at radius 3 is 2.70 bits per heavy atom. The smallest absolute Gasteiger partial charge is 0.225 e. The van der Waals surface area contributed by atoms with Crippen LogP contribution in [0.1, 0.15) is 6.42 Å². The highest BCUT2D eigenvalue weighted by Gasteiger charge is 2.09. The second kappa shape index (κ2) is 9.33. The van der Waals surface area contributed by atoms with Crippen LogP contribution in [0.5, 0.6) is 5.75 Å². The summed E-state index contributed by atoms with van der Waals surface area (Å²) in [5.74, 6) is 0.616. The molecule has 1 aromatic heterocycles. The summed E-state index contributed by atoms with van der Waals surface area (Å²) in [6, 6.07) is 13.6. The molecular formula is C18H17FN4O2S2. The van der Waals surface area contributed by atoms with E-state index in [1.54, 1.807) is 19.2 Å². The number of anilines is 3. The molecule has 3 rings (SSSR count). The minimum Gasteiger partial charge on any atom is -0.497 e. The first-order valence-corrected chi connectivity index (χ1v) is 9.86. The number of thioether (sulfide) groups is 1. The van der Waals surface area contributed by atoms with Crippen molar-refractivity contribution < 1.29 is 13.9 Å². The van der Waals surface area contributed by atoms with Gasteiger partial charge in [0.05, 0.1) is 12.8 Å². The molecule has 0 fully saturated rings. The van der Waals surface area contributed by atoms with Crippen molar-refractivity contribution in [3.05, 3.63) is 54.3 Å². The molecule has 0 spiro atoms. The lowest BCUT2D eigenvalue weighted by molar-refractivity contribution is -0.115. The molecule has 0 atom stereocenters. The Kier molecular flexibility index (Phi) is 6.61. The molecule has 2 aromatic carbocycles. The van der Waals surface area contributed by atoms with Crippen molar-refractivity contribution in [3.63, 3.8) is 0 Å². The number of ether oxygens (including phenoxy) is 1. The minimum absolute atomic E-state index is 0.189. The van der Waals surface area contributed by atoms with Crippen molar-refractivity contribution in [2.75, 3.05) is 23.5 Å². The summed E-state index contributed by atoms with van der Waals surface area (Å²) < 4.78 is 19.4. The second-order valence-electron chi connectivity index (χ2n) is 5.35. The standard InChI is InChI=1S/C18H17FN4O2S2/c1-25-13-8-6-12(7-9-13)20-17-22-23-18(27-17)26-11-10-16(24)21-15-5-3-2-4-14(15)19/h2-9H,10-11H2,1H3,(H,20,22)(H,21,24). The maximum Gasteiger partial charge on any atom is 0.225 e. The molecule has 0 aliphatic heterocycles. The Morgan fingerprint density at radius 2 is 1.96 bits per heavy atom. The van der Waals surface area contributed by atoms with Gasteiger partial charge in [-0.3, -0.25) is 4.79 Å². The normalized spacial score (nSPS) is 10.4. The van der Waals surface area contributed by atoms with E-state index in [1.807, 2.05) is 24.3 Å². The van der Waals surface area contributed by atoms with Crippen molar-refractivity contribution >= 4 is 45.5 Å². The van der Waals surface area contributed by atoms with E-state index in [0.717, 1.165) is 15.8 Å². The molecule has 140 valence electrons. The lowest BCUT2D eigenvalue weighted by Gasteiger charge is -2.05. The van der Waals surface area contributed by atoms with E-state index in [4.69, 9.17) is 4.74 Å². The molecule has 6 nitrogen and oxygen atoms in total. The molecule has 1 amide bonds. The first-order valence-electron chi connectivity index (χ1n) is 8.06. The van der Waals surface area contributed by atoms with E-state index in [2.05, 4.69) is 20.8 Å². The van der Waals surface area contributed by atoms with E-state index in [-0.39, 0.29) is 18.0 Å². The Morgan fingerprint density at radius 1 is 1.19 bits per heavy atom. The number of amides is 1. The third kappa shape index (κ3) is 5.66. The zero-order valence-corrected chi connectivity index (χ0v) is 16.1. The van der Waals surface area contributed by atoms with Crippen LogP contribution in [0, 0.1) is 5.82 Å². The molecule has 0 aliphatic rings. The van der Waals surface area contributed by atoms with Crippen molar-refractivity contribution in [3.8, 4) is 5.75 Å². The number of benzene rings is 2. The summed E-state index contributed by atoms with van der Waals surface area (Å²) in [4.78, 5) is 11.9. The largest absolute Gasteiger partial charge is 0.497 e. The highest BCUT2D eigenvalue weighted by molar-refractivity contribution is 8.01. The fourth-order valence-electron chi connectivity index (χ4n) is 2.12. The quantitative estimate of drug-likeness (QED) is 0.537. The van der Waals surface area contributed by atoms with E-state index >= 15 is 0 Å². The van der Waals surface area contributed by atoms with Gasteiger partial charge in [0.15, 0.2) is 4.34 Å². The van der Waals surface area contributed by atoms with Gasteiger partial charge in [0.1, 0.15) is 11.6 Å². The maximum atomic E-state index is 13.5. The van der Waals surface area contributed by atoms with Gasteiger partial charge in [-0.15, -0.1) is 10.2 Å². The number of halogens is 1. The number of carbonyl (C=O) groups excluding carboxylic acids is 1. The molecule has 0 saturated heterocycles. The Hall–Kier alpha value is -2.65. The number of nitrogens with zero attached hydrogens (tertiary/aromatic N) is 2. The third-order valence-corrected chi connectivity index (χ3v) is 5.42. The lowest BCUT2D eigenvalue weighted by Crippen LogP contribution is -2.13. The van der Waals surface area contributed by atoms with Crippen LogP contribution in [-0.4, -0.2) is 29.0 Å². The molecule has 3 aromatic rings. The number of hydrogen-bond acceptors (Lipinski definition) is 7. The van der Waals surface area contributed by atoms with Gasteiger partial charge < -0.3 is 15.4 Å². The van der Waals surface area contributed by atoms with E-state index in [0.29, 0.717) is 10.9 Å². The predicted molar refractivity (Wildman–Crippen MR) is 107 cm³/mol. The Labute approximate surface area is 164 Å². The van der Waals surface area contributed by atoms with Gasteiger partial charge in [0.2, 0.25) is 11.0 Å². The van der Waals surface area contributed by atoms with Gasteiger partial charge in [-0.1, -0.05) is 35.2 Å². The summed E-state index contributed by atoms with van der Waals surface area (Å²) in [5, 5.41) is 14.6. The highest BCUT2D eigenvalue weighted by Crippen LogP contribution is 2.28. The summed E-state index contributed by atoms with van der Waals surface area (Å²) in [7, 11) is 1.62. The summed E-state index contributed by atoms with van der Waals surface area (Å²) in [5.41, 5.74) is 1.07. The van der Waals surface area contributed by atoms with Crippen LogP contribution < -0.4 is 15.4 Å². The first kappa shape index (κ1) is 19.1. The number of nitrogens with one attached hydrogen (secondary N) is 2. The van der Waals surface area contributed by atoms with Crippen LogP contribution in [-0.2, 0) is 4.79 Å². The average molecular weight is 404 g/mol. The molecule has 1 heterocycles. The number of para-hydroxylation sites is 1. The van der Waals surface area contributed by atoms with Crippen LogP contribution in [0.4, 0.5) is 20.9 Å². The number of carbonyl (C=O) groups is 1. The molecule has 27 heavy (non-hydrogen) atoms. The van der Waals surface area contributed by atoms with Crippen LogP contribution >= 0.6 is 23.1 Å². The van der Waals surface area contributed by atoms with Gasteiger partial charge in [0.25, 0.3) is 0 Å².